The Morgan fingerprint density at radius 3 is 2.67 bits per heavy atom. The number of amides is 2. The van der Waals surface area contributed by atoms with Gasteiger partial charge in [0.1, 0.15) is 12.4 Å². The van der Waals surface area contributed by atoms with Gasteiger partial charge in [-0.2, -0.15) is 0 Å². The predicted molar refractivity (Wildman–Crippen MR) is 74.7 cm³/mol. The van der Waals surface area contributed by atoms with Gasteiger partial charge in [-0.3, -0.25) is 0 Å². The van der Waals surface area contributed by atoms with Crippen molar-refractivity contribution in [1.82, 2.24) is 10.6 Å². The Bertz CT molecular complexity index is 494. The van der Waals surface area contributed by atoms with Crippen molar-refractivity contribution in [3.63, 3.8) is 0 Å². The number of carboxylic acid groups (broad SMARTS) is 1. The number of aliphatic carboxylic acids is 1. The van der Waals surface area contributed by atoms with Gasteiger partial charge in [-0.25, -0.2) is 14.0 Å². The highest BCUT2D eigenvalue weighted by Gasteiger charge is 2.03. The number of halogens is 1. The third-order valence-corrected chi connectivity index (χ3v) is 2.74. The summed E-state index contributed by atoms with van der Waals surface area (Å²) >= 11 is 0. The van der Waals surface area contributed by atoms with Gasteiger partial charge in [0.2, 0.25) is 0 Å². The van der Waals surface area contributed by atoms with E-state index in [1.54, 1.807) is 6.07 Å². The Labute approximate surface area is 122 Å². The number of carbonyl (C=O) groups is 2. The lowest BCUT2D eigenvalue weighted by Crippen LogP contribution is -2.38. The maximum Gasteiger partial charge on any atom is 0.329 e. The van der Waals surface area contributed by atoms with Crippen LogP contribution in [0.2, 0.25) is 0 Å². The normalized spacial score (nSPS) is 10.2. The Balaban J connectivity index is 2.14. The van der Waals surface area contributed by atoms with Gasteiger partial charge in [0.25, 0.3) is 0 Å². The number of ether oxygens (including phenoxy) is 1. The van der Waals surface area contributed by atoms with E-state index < -0.39 is 5.97 Å². The highest BCUT2D eigenvalue weighted by Crippen LogP contribution is 2.10. The summed E-state index contributed by atoms with van der Waals surface area (Å²) in [5.74, 6) is -1.32. The molecule has 0 unspecified atom stereocenters. The average Bonchev–Trinajstić information content (AvgIpc) is 2.40. The minimum Gasteiger partial charge on any atom is -0.480 e. The molecule has 0 radical (unpaired) electrons. The number of urea groups is 1. The molecule has 3 N–H and O–H groups in total. The monoisotopic (exact) mass is 298 g/mol. The van der Waals surface area contributed by atoms with Crippen LogP contribution in [-0.4, -0.2) is 43.4 Å². The minimum atomic E-state index is -1.05. The smallest absolute Gasteiger partial charge is 0.329 e. The van der Waals surface area contributed by atoms with Gasteiger partial charge in [-0.15, -0.1) is 0 Å². The molecule has 6 nitrogen and oxygen atoms in total. The number of benzene rings is 1. The molecule has 1 aromatic rings. The number of carbonyl (C=O) groups excluding carboxylic acids is 1. The molecule has 0 spiro atoms. The molecule has 0 atom stereocenters. The molecule has 0 aliphatic carbocycles. The number of aryl methyl sites for hydroxylation is 1. The van der Waals surface area contributed by atoms with E-state index >= 15 is 0 Å². The lowest BCUT2D eigenvalue weighted by molar-refractivity contribution is -0.142. The van der Waals surface area contributed by atoms with Crippen LogP contribution in [0, 0.1) is 12.7 Å². The second-order valence-corrected chi connectivity index (χ2v) is 4.45. The molecule has 0 fully saturated rings. The van der Waals surface area contributed by atoms with E-state index in [4.69, 9.17) is 9.84 Å². The van der Waals surface area contributed by atoms with Crippen LogP contribution in [0.3, 0.4) is 0 Å². The van der Waals surface area contributed by atoms with Crippen molar-refractivity contribution in [1.29, 1.82) is 0 Å². The van der Waals surface area contributed by atoms with E-state index in [1.165, 1.54) is 12.1 Å². The molecule has 0 heterocycles. The van der Waals surface area contributed by atoms with Crippen LogP contribution >= 0.6 is 0 Å². The number of hydrogen-bond donors (Lipinski definition) is 3. The van der Waals surface area contributed by atoms with E-state index in [9.17, 15) is 14.0 Å². The van der Waals surface area contributed by atoms with Crippen LogP contribution in [0.25, 0.3) is 0 Å². The van der Waals surface area contributed by atoms with Crippen molar-refractivity contribution < 1.29 is 23.8 Å². The summed E-state index contributed by atoms with van der Waals surface area (Å²) in [6.45, 7) is 2.23. The van der Waals surface area contributed by atoms with Gasteiger partial charge in [0, 0.05) is 13.1 Å². The first kappa shape index (κ1) is 16.9. The van der Waals surface area contributed by atoms with Gasteiger partial charge >= 0.3 is 12.0 Å². The van der Waals surface area contributed by atoms with Crippen molar-refractivity contribution in [2.75, 3.05) is 26.3 Å². The standard InChI is InChI=1S/C14H19FN2O4/c1-10-8-12(15)3-2-11(10)4-5-16-14(20)17-6-7-21-9-13(18)19/h2-3,8H,4-7,9H2,1H3,(H,18,19)(H2,16,17,20). The molecule has 21 heavy (non-hydrogen) atoms. The molecule has 7 heteroatoms. The summed E-state index contributed by atoms with van der Waals surface area (Å²) < 4.78 is 17.7. The average molecular weight is 298 g/mol. The molecule has 0 saturated carbocycles. The molecule has 0 saturated heterocycles. The van der Waals surface area contributed by atoms with Crippen molar-refractivity contribution >= 4 is 12.0 Å². The lowest BCUT2D eigenvalue weighted by Gasteiger charge is -2.09. The van der Waals surface area contributed by atoms with Gasteiger partial charge in [-0.05, 0) is 36.6 Å². The zero-order valence-corrected chi connectivity index (χ0v) is 11.8. The maximum absolute atomic E-state index is 12.9. The molecule has 0 aliphatic heterocycles. The first-order valence-electron chi connectivity index (χ1n) is 6.55. The second kappa shape index (κ2) is 8.91. The first-order chi connectivity index (χ1) is 9.99. The quantitative estimate of drug-likeness (QED) is 0.627. The SMILES string of the molecule is Cc1cc(F)ccc1CCNC(=O)NCCOCC(=O)O. The number of rotatable bonds is 8. The minimum absolute atomic E-state index is 0.136. The van der Waals surface area contributed by atoms with E-state index in [-0.39, 0.29) is 31.6 Å². The molecule has 0 aromatic heterocycles. The summed E-state index contributed by atoms with van der Waals surface area (Å²) in [5.41, 5.74) is 1.82. The van der Waals surface area contributed by atoms with Gasteiger partial charge in [0.05, 0.1) is 6.61 Å². The fourth-order valence-electron chi connectivity index (χ4n) is 1.71. The van der Waals surface area contributed by atoms with Crippen LogP contribution in [0.4, 0.5) is 9.18 Å². The van der Waals surface area contributed by atoms with Gasteiger partial charge in [0.15, 0.2) is 0 Å². The zero-order valence-electron chi connectivity index (χ0n) is 11.8. The Hall–Kier alpha value is -2.15. The lowest BCUT2D eigenvalue weighted by atomic mass is 10.1. The highest BCUT2D eigenvalue weighted by molar-refractivity contribution is 5.73. The van der Waals surface area contributed by atoms with E-state index in [1.807, 2.05) is 6.92 Å². The molecule has 0 bridgehead atoms. The van der Waals surface area contributed by atoms with Crippen LogP contribution in [0.5, 0.6) is 0 Å². The fraction of sp³-hybridized carbons (Fsp3) is 0.429. The van der Waals surface area contributed by atoms with Crippen molar-refractivity contribution in [3.05, 3.63) is 35.1 Å². The summed E-state index contributed by atoms with van der Waals surface area (Å²) in [4.78, 5) is 21.6. The molecule has 1 aromatic carbocycles. The first-order valence-corrected chi connectivity index (χ1v) is 6.55. The molecule has 2 amide bonds. The largest absolute Gasteiger partial charge is 0.480 e. The molecular formula is C14H19FN2O4. The van der Waals surface area contributed by atoms with E-state index in [0.29, 0.717) is 13.0 Å². The van der Waals surface area contributed by atoms with Gasteiger partial charge in [-0.1, -0.05) is 6.07 Å². The Morgan fingerprint density at radius 2 is 2.00 bits per heavy atom. The summed E-state index contributed by atoms with van der Waals surface area (Å²) in [6, 6.07) is 4.19. The van der Waals surface area contributed by atoms with Crippen molar-refractivity contribution in [2.24, 2.45) is 0 Å². The summed E-state index contributed by atoms with van der Waals surface area (Å²) in [7, 11) is 0. The Morgan fingerprint density at radius 1 is 1.29 bits per heavy atom. The van der Waals surface area contributed by atoms with E-state index in [0.717, 1.165) is 11.1 Å². The van der Waals surface area contributed by atoms with Crippen molar-refractivity contribution in [3.8, 4) is 0 Å². The van der Waals surface area contributed by atoms with Crippen LogP contribution in [0.15, 0.2) is 18.2 Å². The predicted octanol–water partition coefficient (Wildman–Crippen LogP) is 1.08. The number of nitrogens with one attached hydrogen (secondary N) is 2. The van der Waals surface area contributed by atoms with Gasteiger partial charge < -0.3 is 20.5 Å². The molecule has 0 aliphatic rings. The molecule has 116 valence electrons. The van der Waals surface area contributed by atoms with Crippen LogP contribution in [0.1, 0.15) is 11.1 Å². The third kappa shape index (κ3) is 7.26. The van der Waals surface area contributed by atoms with Crippen molar-refractivity contribution in [2.45, 2.75) is 13.3 Å². The van der Waals surface area contributed by atoms with Crippen LogP contribution < -0.4 is 10.6 Å². The van der Waals surface area contributed by atoms with Crippen LogP contribution in [-0.2, 0) is 16.0 Å². The Kier molecular flexibility index (Phi) is 7.17. The number of hydrogen-bond acceptors (Lipinski definition) is 3. The second-order valence-electron chi connectivity index (χ2n) is 4.45. The zero-order chi connectivity index (χ0) is 15.7. The maximum atomic E-state index is 12.9. The molecule has 1 rings (SSSR count). The summed E-state index contributed by atoms with van der Waals surface area (Å²) in [5, 5.41) is 13.5. The third-order valence-electron chi connectivity index (χ3n) is 2.74. The fourth-order valence-corrected chi connectivity index (χ4v) is 1.71. The number of carboxylic acids is 1. The highest BCUT2D eigenvalue weighted by atomic mass is 19.1. The topological polar surface area (TPSA) is 87.7 Å². The summed E-state index contributed by atoms with van der Waals surface area (Å²) in [6.07, 6.45) is 0.606. The van der Waals surface area contributed by atoms with E-state index in [2.05, 4.69) is 10.6 Å². The molecular weight excluding hydrogens is 279 g/mol.